The van der Waals surface area contributed by atoms with Crippen LogP contribution in [0.4, 0.5) is 0 Å². The van der Waals surface area contributed by atoms with E-state index >= 15 is 0 Å². The summed E-state index contributed by atoms with van der Waals surface area (Å²) in [7, 11) is 0. The Balaban J connectivity index is 3.92. The second kappa shape index (κ2) is 48.3. The van der Waals surface area contributed by atoms with E-state index in [1.54, 1.807) is 0 Å². The molecule has 0 aliphatic heterocycles. The fourth-order valence-electron chi connectivity index (χ4n) is 7.65. The minimum absolute atomic E-state index is 0.0146. The van der Waals surface area contributed by atoms with E-state index in [0.717, 1.165) is 103 Å². The Labute approximate surface area is 355 Å². The van der Waals surface area contributed by atoms with Gasteiger partial charge in [-0.3, -0.25) is 9.59 Å². The molecule has 0 bridgehead atoms. The molecular formula is C53H96O4. The normalized spacial score (nSPS) is 12.6. The first-order chi connectivity index (χ1) is 28.1. The number of ether oxygens (including phenoxy) is 1. The summed E-state index contributed by atoms with van der Waals surface area (Å²) in [6.07, 6.45) is 66.0. The van der Waals surface area contributed by atoms with Gasteiger partial charge in [-0.1, -0.05) is 229 Å². The zero-order valence-corrected chi connectivity index (χ0v) is 38.2. The molecule has 0 saturated heterocycles. The Morgan fingerprint density at radius 1 is 0.404 bits per heavy atom. The van der Waals surface area contributed by atoms with E-state index in [-0.39, 0.29) is 18.5 Å². The van der Waals surface area contributed by atoms with Gasteiger partial charge in [0.25, 0.3) is 0 Å². The molecule has 332 valence electrons. The maximum atomic E-state index is 12.8. The van der Waals surface area contributed by atoms with Crippen LogP contribution in [0, 0.1) is 0 Å². The van der Waals surface area contributed by atoms with Crippen LogP contribution in [0.3, 0.4) is 0 Å². The number of rotatable bonds is 46. The number of aliphatic carboxylic acids is 1. The van der Waals surface area contributed by atoms with Crippen molar-refractivity contribution in [1.82, 2.24) is 0 Å². The Morgan fingerprint density at radius 3 is 1.14 bits per heavy atom. The maximum absolute atomic E-state index is 12.8. The monoisotopic (exact) mass is 797 g/mol. The van der Waals surface area contributed by atoms with E-state index in [1.807, 2.05) is 0 Å². The second-order valence-electron chi connectivity index (χ2n) is 17.0. The first kappa shape index (κ1) is 54.9. The topological polar surface area (TPSA) is 63.6 Å². The van der Waals surface area contributed by atoms with Crippen molar-refractivity contribution < 1.29 is 19.4 Å². The Hall–Kier alpha value is -2.10. The summed E-state index contributed by atoms with van der Waals surface area (Å²) in [4.78, 5) is 23.5. The number of carbonyl (C=O) groups is 2. The summed E-state index contributed by atoms with van der Waals surface area (Å²) < 4.78 is 6.03. The van der Waals surface area contributed by atoms with Crippen LogP contribution < -0.4 is 0 Å². The van der Waals surface area contributed by atoms with E-state index in [2.05, 4.69) is 62.5 Å². The van der Waals surface area contributed by atoms with Crippen molar-refractivity contribution in [1.29, 1.82) is 0 Å². The summed E-state index contributed by atoms with van der Waals surface area (Å²) in [5.41, 5.74) is 0. The van der Waals surface area contributed by atoms with Crippen molar-refractivity contribution in [2.24, 2.45) is 0 Å². The highest BCUT2D eigenvalue weighted by Gasteiger charge is 2.14. The lowest BCUT2D eigenvalue weighted by Gasteiger charge is -2.18. The third kappa shape index (κ3) is 48.2. The molecular weight excluding hydrogens is 701 g/mol. The number of unbranched alkanes of at least 4 members (excludes halogenated alkanes) is 29. The van der Waals surface area contributed by atoms with Gasteiger partial charge in [0.05, 0.1) is 0 Å². The SMILES string of the molecule is CC/C=C\C/C=C\C/C=C\C/C=C\CCCCC(CCCCCCCC(=O)O)OC(=O)CCCCCCCCCCCCCCCCCCCCCCCCCC. The van der Waals surface area contributed by atoms with Gasteiger partial charge in [-0.25, -0.2) is 0 Å². The molecule has 0 aliphatic rings. The molecule has 4 nitrogen and oxygen atoms in total. The number of esters is 1. The average Bonchev–Trinajstić information content (AvgIpc) is 3.20. The molecule has 1 atom stereocenters. The quantitative estimate of drug-likeness (QED) is 0.0379. The lowest BCUT2D eigenvalue weighted by molar-refractivity contribution is -0.150. The van der Waals surface area contributed by atoms with E-state index in [9.17, 15) is 9.59 Å². The number of hydrogen-bond acceptors (Lipinski definition) is 3. The fourth-order valence-corrected chi connectivity index (χ4v) is 7.65. The van der Waals surface area contributed by atoms with Crippen LogP contribution in [0.1, 0.15) is 271 Å². The van der Waals surface area contributed by atoms with Crippen LogP contribution in [0.5, 0.6) is 0 Å². The van der Waals surface area contributed by atoms with Crippen LogP contribution in [-0.2, 0) is 14.3 Å². The smallest absolute Gasteiger partial charge is 0.306 e. The Bertz CT molecular complexity index is 947. The molecule has 4 heteroatoms. The van der Waals surface area contributed by atoms with Gasteiger partial charge in [0.1, 0.15) is 6.10 Å². The first-order valence-electron chi connectivity index (χ1n) is 25.1. The predicted molar refractivity (Wildman–Crippen MR) is 250 cm³/mol. The Morgan fingerprint density at radius 2 is 0.737 bits per heavy atom. The van der Waals surface area contributed by atoms with Crippen LogP contribution in [0.15, 0.2) is 48.6 Å². The third-order valence-electron chi connectivity index (χ3n) is 11.3. The number of hydrogen-bond donors (Lipinski definition) is 1. The summed E-state index contributed by atoms with van der Waals surface area (Å²) in [5, 5.41) is 8.86. The van der Waals surface area contributed by atoms with Crippen molar-refractivity contribution >= 4 is 11.9 Å². The zero-order chi connectivity index (χ0) is 41.4. The van der Waals surface area contributed by atoms with Gasteiger partial charge in [0.15, 0.2) is 0 Å². The molecule has 0 rings (SSSR count). The number of carbonyl (C=O) groups excluding carboxylic acids is 1. The van der Waals surface area contributed by atoms with Crippen molar-refractivity contribution in [3.63, 3.8) is 0 Å². The summed E-state index contributed by atoms with van der Waals surface area (Å²) >= 11 is 0. The highest BCUT2D eigenvalue weighted by atomic mass is 16.5. The molecule has 0 spiro atoms. The molecule has 0 aromatic carbocycles. The average molecular weight is 797 g/mol. The number of allylic oxidation sites excluding steroid dienone is 8. The molecule has 1 N–H and O–H groups in total. The highest BCUT2D eigenvalue weighted by Crippen LogP contribution is 2.19. The predicted octanol–water partition coefficient (Wildman–Crippen LogP) is 17.9. The molecule has 0 fully saturated rings. The van der Waals surface area contributed by atoms with Gasteiger partial charge in [0.2, 0.25) is 0 Å². The number of carboxylic acids is 1. The fraction of sp³-hybridized carbons (Fsp3) is 0.811. The molecule has 57 heavy (non-hydrogen) atoms. The molecule has 0 radical (unpaired) electrons. The van der Waals surface area contributed by atoms with Crippen molar-refractivity contribution in [2.75, 3.05) is 0 Å². The molecule has 0 amide bonds. The summed E-state index contributed by atoms with van der Waals surface area (Å²) in [6, 6.07) is 0. The van der Waals surface area contributed by atoms with Gasteiger partial charge in [0, 0.05) is 12.8 Å². The van der Waals surface area contributed by atoms with Crippen LogP contribution in [0.2, 0.25) is 0 Å². The lowest BCUT2D eigenvalue weighted by atomic mass is 10.0. The molecule has 0 saturated carbocycles. The number of carboxylic acid groups (broad SMARTS) is 1. The van der Waals surface area contributed by atoms with Crippen LogP contribution in [-0.4, -0.2) is 23.1 Å². The lowest BCUT2D eigenvalue weighted by Crippen LogP contribution is -2.18. The van der Waals surface area contributed by atoms with Gasteiger partial charge >= 0.3 is 11.9 Å². The standard InChI is InChI=1S/C53H96O4/c1-3-5-7-9-11-13-15-17-19-20-21-22-23-24-25-26-27-29-31-33-35-37-42-46-50-53(56)57-51(48-44-40-38-41-45-49-52(54)55)47-43-39-36-34-32-30-28-18-16-14-12-10-8-6-4-2/h6,8,12,14,18,28,32,34,51H,3-5,7,9-11,13,15-17,19-27,29-31,33,35-50H2,1-2H3,(H,54,55)/b8-6-,14-12-,28-18-,34-32-. The van der Waals surface area contributed by atoms with E-state index in [0.29, 0.717) is 6.42 Å². The van der Waals surface area contributed by atoms with Crippen molar-refractivity contribution in [3.8, 4) is 0 Å². The summed E-state index contributed by atoms with van der Waals surface area (Å²) in [5.74, 6) is -0.720. The minimum Gasteiger partial charge on any atom is -0.481 e. The highest BCUT2D eigenvalue weighted by molar-refractivity contribution is 5.69. The van der Waals surface area contributed by atoms with Gasteiger partial charge < -0.3 is 9.84 Å². The third-order valence-corrected chi connectivity index (χ3v) is 11.3. The minimum atomic E-state index is -0.705. The van der Waals surface area contributed by atoms with Crippen LogP contribution in [0.25, 0.3) is 0 Å². The van der Waals surface area contributed by atoms with Gasteiger partial charge in [-0.15, -0.1) is 0 Å². The molecule has 0 aromatic rings. The van der Waals surface area contributed by atoms with Gasteiger partial charge in [-0.2, -0.15) is 0 Å². The van der Waals surface area contributed by atoms with Crippen molar-refractivity contribution in [2.45, 2.75) is 277 Å². The maximum Gasteiger partial charge on any atom is 0.306 e. The largest absolute Gasteiger partial charge is 0.481 e. The molecule has 1 unspecified atom stereocenters. The first-order valence-corrected chi connectivity index (χ1v) is 25.1. The van der Waals surface area contributed by atoms with Crippen LogP contribution >= 0.6 is 0 Å². The molecule has 0 aliphatic carbocycles. The van der Waals surface area contributed by atoms with Gasteiger partial charge in [-0.05, 0) is 77.0 Å². The summed E-state index contributed by atoms with van der Waals surface area (Å²) in [6.45, 7) is 4.46. The second-order valence-corrected chi connectivity index (χ2v) is 17.0. The van der Waals surface area contributed by atoms with E-state index in [1.165, 1.54) is 141 Å². The molecule has 0 aromatic heterocycles. The molecule has 0 heterocycles. The zero-order valence-electron chi connectivity index (χ0n) is 38.2. The van der Waals surface area contributed by atoms with E-state index < -0.39 is 5.97 Å². The Kier molecular flexibility index (Phi) is 46.5. The van der Waals surface area contributed by atoms with E-state index in [4.69, 9.17) is 9.84 Å². The van der Waals surface area contributed by atoms with Crippen molar-refractivity contribution in [3.05, 3.63) is 48.6 Å².